The van der Waals surface area contributed by atoms with Crippen molar-refractivity contribution in [3.05, 3.63) is 71.5 Å². The molecule has 6 nitrogen and oxygen atoms in total. The summed E-state index contributed by atoms with van der Waals surface area (Å²) in [6.07, 6.45) is 4.38. The molecule has 0 radical (unpaired) electrons. The number of sulfonamides is 1. The summed E-state index contributed by atoms with van der Waals surface area (Å²) < 4.78 is 26.1. The lowest BCUT2D eigenvalue weighted by Gasteiger charge is -2.20. The molecule has 3 rings (SSSR count). The number of aromatic nitrogens is 2. The Morgan fingerprint density at radius 2 is 1.59 bits per heavy atom. The molecule has 0 saturated carbocycles. The maximum atomic E-state index is 11.8. The average Bonchev–Trinajstić information content (AvgIpc) is 2.61. The minimum atomic E-state index is -3.46. The number of hydrogen-bond acceptors (Lipinski definition) is 5. The minimum Gasteiger partial charge on any atom is -0.507 e. The lowest BCUT2D eigenvalue weighted by molar-refractivity contribution is 0.510. The molecule has 0 aliphatic carbocycles. The van der Waals surface area contributed by atoms with Crippen LogP contribution in [0.4, 0.5) is 0 Å². The largest absolute Gasteiger partial charge is 0.507 e. The van der Waals surface area contributed by atoms with E-state index < -0.39 is 16.1 Å². The third-order valence-corrected chi connectivity index (χ3v) is 5.04. The molecule has 7 heteroatoms. The van der Waals surface area contributed by atoms with E-state index in [0.717, 1.165) is 22.6 Å². The third-order valence-electron chi connectivity index (χ3n) is 4.26. The first-order valence-corrected chi connectivity index (χ1v) is 10.3. The van der Waals surface area contributed by atoms with Crippen LogP contribution in [0.5, 0.6) is 0 Å². The predicted octanol–water partition coefficient (Wildman–Crippen LogP) is 3.30. The van der Waals surface area contributed by atoms with Gasteiger partial charge in [-0.25, -0.2) is 13.1 Å². The fourth-order valence-corrected chi connectivity index (χ4v) is 3.76. The highest BCUT2D eigenvalue weighted by Crippen LogP contribution is 2.30. The van der Waals surface area contributed by atoms with Crippen LogP contribution in [0.3, 0.4) is 0 Å². The van der Waals surface area contributed by atoms with E-state index in [2.05, 4.69) is 14.9 Å². The van der Waals surface area contributed by atoms with Gasteiger partial charge in [0, 0.05) is 28.0 Å². The van der Waals surface area contributed by atoms with E-state index in [1.165, 1.54) is 0 Å². The van der Waals surface area contributed by atoms with E-state index in [9.17, 15) is 13.5 Å². The van der Waals surface area contributed by atoms with Crippen LogP contribution in [0.2, 0.25) is 0 Å². The zero-order valence-electron chi connectivity index (χ0n) is 15.3. The number of benzene rings is 2. The average molecular weight is 383 g/mol. The number of rotatable bonds is 5. The van der Waals surface area contributed by atoms with Crippen molar-refractivity contribution in [3.8, 4) is 0 Å². The van der Waals surface area contributed by atoms with Crippen molar-refractivity contribution in [2.45, 2.75) is 19.9 Å². The Bertz CT molecular complexity index is 1110. The van der Waals surface area contributed by atoms with Gasteiger partial charge in [0.25, 0.3) is 0 Å². The Hall–Kier alpha value is -2.77. The molecule has 1 atom stereocenters. The quantitative estimate of drug-likeness (QED) is 0.521. The highest BCUT2D eigenvalue weighted by Gasteiger charge is 2.21. The van der Waals surface area contributed by atoms with Gasteiger partial charge in [0.1, 0.15) is 5.76 Å². The SMILES string of the molecule is Cc1ccc(/C(O)=C(/c2ccc3cnncc3c2)C(C)NS(C)(=O)=O)cc1. The van der Waals surface area contributed by atoms with Crippen LogP contribution in [0.1, 0.15) is 23.6 Å². The Kier molecular flexibility index (Phi) is 5.25. The molecule has 0 amide bonds. The molecule has 1 heterocycles. The van der Waals surface area contributed by atoms with Gasteiger partial charge in [-0.2, -0.15) is 10.2 Å². The first kappa shape index (κ1) is 19.0. The van der Waals surface area contributed by atoms with Gasteiger partial charge in [-0.15, -0.1) is 0 Å². The Morgan fingerprint density at radius 3 is 2.22 bits per heavy atom. The second-order valence-electron chi connectivity index (χ2n) is 6.57. The van der Waals surface area contributed by atoms with E-state index in [1.54, 1.807) is 19.3 Å². The Balaban J connectivity index is 2.19. The van der Waals surface area contributed by atoms with Gasteiger partial charge in [-0.3, -0.25) is 0 Å². The van der Waals surface area contributed by atoms with Crippen LogP contribution in [0.15, 0.2) is 54.9 Å². The highest BCUT2D eigenvalue weighted by atomic mass is 32.2. The van der Waals surface area contributed by atoms with E-state index in [1.807, 2.05) is 49.4 Å². The molecule has 0 fully saturated rings. The maximum absolute atomic E-state index is 11.8. The van der Waals surface area contributed by atoms with Crippen molar-refractivity contribution in [2.75, 3.05) is 6.26 Å². The summed E-state index contributed by atoms with van der Waals surface area (Å²) in [5, 5.41) is 20.5. The minimum absolute atomic E-state index is 0.0278. The van der Waals surface area contributed by atoms with Gasteiger partial charge in [0.2, 0.25) is 10.0 Å². The van der Waals surface area contributed by atoms with Crippen molar-refractivity contribution in [2.24, 2.45) is 0 Å². The third kappa shape index (κ3) is 4.50. The molecule has 2 aromatic carbocycles. The van der Waals surface area contributed by atoms with Gasteiger partial charge in [0.15, 0.2) is 0 Å². The van der Waals surface area contributed by atoms with Crippen LogP contribution in [0, 0.1) is 6.92 Å². The molecule has 3 aromatic rings. The highest BCUT2D eigenvalue weighted by molar-refractivity contribution is 7.88. The fourth-order valence-electron chi connectivity index (χ4n) is 3.00. The van der Waals surface area contributed by atoms with Crippen LogP contribution in [-0.4, -0.2) is 36.0 Å². The monoisotopic (exact) mass is 383 g/mol. The predicted molar refractivity (Wildman–Crippen MR) is 108 cm³/mol. The van der Waals surface area contributed by atoms with Gasteiger partial charge >= 0.3 is 0 Å². The van der Waals surface area contributed by atoms with E-state index in [-0.39, 0.29) is 5.76 Å². The van der Waals surface area contributed by atoms with E-state index in [0.29, 0.717) is 16.7 Å². The van der Waals surface area contributed by atoms with Crippen molar-refractivity contribution in [3.63, 3.8) is 0 Å². The summed E-state index contributed by atoms with van der Waals surface area (Å²) in [7, 11) is -3.46. The number of aryl methyl sites for hydroxylation is 1. The van der Waals surface area contributed by atoms with Crippen molar-refractivity contribution < 1.29 is 13.5 Å². The van der Waals surface area contributed by atoms with Crippen molar-refractivity contribution >= 4 is 32.1 Å². The van der Waals surface area contributed by atoms with Gasteiger partial charge in [0.05, 0.1) is 18.6 Å². The first-order chi connectivity index (χ1) is 12.7. The Labute approximate surface area is 158 Å². The number of hydrogen-bond donors (Lipinski definition) is 2. The number of aliphatic hydroxyl groups is 1. The lowest BCUT2D eigenvalue weighted by Crippen LogP contribution is -2.33. The summed E-state index contributed by atoms with van der Waals surface area (Å²) in [4.78, 5) is 0. The summed E-state index contributed by atoms with van der Waals surface area (Å²) in [5.74, 6) is 0.0278. The summed E-state index contributed by atoms with van der Waals surface area (Å²) in [6, 6.07) is 12.4. The second kappa shape index (κ2) is 7.46. The van der Waals surface area contributed by atoms with Gasteiger partial charge in [-0.05, 0) is 25.5 Å². The zero-order chi connectivity index (χ0) is 19.6. The zero-order valence-corrected chi connectivity index (χ0v) is 16.2. The topological polar surface area (TPSA) is 92.2 Å². The second-order valence-corrected chi connectivity index (χ2v) is 8.35. The smallest absolute Gasteiger partial charge is 0.209 e. The van der Waals surface area contributed by atoms with E-state index >= 15 is 0 Å². The van der Waals surface area contributed by atoms with Gasteiger partial charge < -0.3 is 5.11 Å². The molecular formula is C20H21N3O3S. The number of nitrogens with one attached hydrogen (secondary N) is 1. The summed E-state index contributed by atoms with van der Waals surface area (Å²) in [6.45, 7) is 3.67. The molecule has 1 unspecified atom stereocenters. The van der Waals surface area contributed by atoms with Crippen LogP contribution < -0.4 is 4.72 Å². The molecule has 0 bridgehead atoms. The molecule has 0 spiro atoms. The molecule has 0 aliphatic heterocycles. The maximum Gasteiger partial charge on any atom is 0.209 e. The van der Waals surface area contributed by atoms with Crippen molar-refractivity contribution in [1.82, 2.24) is 14.9 Å². The van der Waals surface area contributed by atoms with E-state index in [4.69, 9.17) is 0 Å². The summed E-state index contributed by atoms with van der Waals surface area (Å²) >= 11 is 0. The first-order valence-electron chi connectivity index (χ1n) is 8.43. The standard InChI is InChI=1S/C20H21N3O3S/c1-13-4-6-15(7-5-13)20(24)19(14(2)23-27(3,25)26)16-8-9-17-11-21-22-12-18(17)10-16/h4-12,14,23-24H,1-3H3/b20-19-. The van der Waals surface area contributed by atoms with Crippen LogP contribution in [-0.2, 0) is 10.0 Å². The lowest BCUT2D eigenvalue weighted by atomic mass is 9.94. The molecular weight excluding hydrogens is 362 g/mol. The van der Waals surface area contributed by atoms with Gasteiger partial charge in [-0.1, -0.05) is 42.0 Å². The number of aliphatic hydroxyl groups excluding tert-OH is 1. The fraction of sp³-hybridized carbons (Fsp3) is 0.200. The molecule has 140 valence electrons. The molecule has 2 N–H and O–H groups in total. The number of nitrogens with zero attached hydrogens (tertiary/aromatic N) is 2. The van der Waals surface area contributed by atoms with Crippen molar-refractivity contribution in [1.29, 1.82) is 0 Å². The van der Waals surface area contributed by atoms with Crippen LogP contribution in [0.25, 0.3) is 22.1 Å². The van der Waals surface area contributed by atoms with Crippen LogP contribution >= 0.6 is 0 Å². The molecule has 0 aliphatic rings. The normalized spacial score (nSPS) is 14.0. The molecule has 27 heavy (non-hydrogen) atoms. The molecule has 0 saturated heterocycles. The summed E-state index contributed by atoms with van der Waals surface area (Å²) in [5.41, 5.74) is 2.88. The Morgan fingerprint density at radius 1 is 1.00 bits per heavy atom. The molecule has 1 aromatic heterocycles. The number of fused-ring (bicyclic) bond motifs is 1.